The van der Waals surface area contributed by atoms with E-state index in [9.17, 15) is 19.2 Å². The van der Waals surface area contributed by atoms with E-state index in [2.05, 4.69) is 16.1 Å². The predicted molar refractivity (Wildman–Crippen MR) is 89.9 cm³/mol. The molecule has 1 heterocycles. The molecule has 0 atom stereocenters. The highest BCUT2D eigenvalue weighted by Gasteiger charge is 2.26. The van der Waals surface area contributed by atoms with Crippen LogP contribution in [-0.4, -0.2) is 29.7 Å². The minimum absolute atomic E-state index is 0.0490. The lowest BCUT2D eigenvalue weighted by atomic mass is 10.2. The van der Waals surface area contributed by atoms with Crippen LogP contribution >= 0.6 is 0 Å². The van der Waals surface area contributed by atoms with Gasteiger partial charge in [0.05, 0.1) is 6.26 Å². The summed E-state index contributed by atoms with van der Waals surface area (Å²) in [6.07, 6.45) is 3.10. The molecule has 0 unspecified atom stereocenters. The summed E-state index contributed by atoms with van der Waals surface area (Å²) in [5.41, 5.74) is 4.91. The number of anilines is 1. The second kappa shape index (κ2) is 7.51. The molecule has 4 amide bonds. The molecular weight excluding hydrogens is 340 g/mol. The first kappa shape index (κ1) is 17.2. The van der Waals surface area contributed by atoms with Crippen LogP contribution in [0.5, 0.6) is 0 Å². The number of carbonyl (C=O) groups excluding carboxylic acids is 4. The van der Waals surface area contributed by atoms with Gasteiger partial charge in [0.1, 0.15) is 0 Å². The first-order valence-electron chi connectivity index (χ1n) is 7.89. The van der Waals surface area contributed by atoms with Crippen molar-refractivity contribution in [2.75, 3.05) is 5.32 Å². The Balaban J connectivity index is 1.49. The van der Waals surface area contributed by atoms with Crippen molar-refractivity contribution in [2.45, 2.75) is 18.9 Å². The summed E-state index contributed by atoms with van der Waals surface area (Å²) < 4.78 is 4.98. The summed E-state index contributed by atoms with van der Waals surface area (Å²) in [7, 11) is 0. The summed E-state index contributed by atoms with van der Waals surface area (Å²) >= 11 is 0. The smallest absolute Gasteiger partial charge is 0.327 e. The van der Waals surface area contributed by atoms with Crippen LogP contribution in [0.4, 0.5) is 5.69 Å². The largest absolute Gasteiger partial charge is 0.459 e. The molecule has 4 N–H and O–H groups in total. The van der Waals surface area contributed by atoms with Gasteiger partial charge in [-0.2, -0.15) is 0 Å². The molecule has 1 saturated carbocycles. The molecule has 1 aliphatic carbocycles. The van der Waals surface area contributed by atoms with Crippen LogP contribution in [0.3, 0.4) is 0 Å². The highest BCUT2D eigenvalue weighted by atomic mass is 16.3. The average Bonchev–Trinajstić information content (AvgIpc) is 3.28. The van der Waals surface area contributed by atoms with Crippen molar-refractivity contribution >= 4 is 29.3 Å². The SMILES string of the molecule is O=C(NNC(=O)c1ccc(NC(=O)c2ccco2)cc1)C(=O)NC1CC1. The van der Waals surface area contributed by atoms with Crippen LogP contribution in [0.2, 0.25) is 0 Å². The molecule has 0 saturated heterocycles. The zero-order valence-corrected chi connectivity index (χ0v) is 13.6. The lowest BCUT2D eigenvalue weighted by molar-refractivity contribution is -0.139. The molecule has 1 fully saturated rings. The van der Waals surface area contributed by atoms with E-state index in [4.69, 9.17) is 4.42 Å². The zero-order valence-electron chi connectivity index (χ0n) is 13.6. The quantitative estimate of drug-likeness (QED) is 0.470. The van der Waals surface area contributed by atoms with Crippen molar-refractivity contribution < 1.29 is 23.6 Å². The van der Waals surface area contributed by atoms with Crippen LogP contribution < -0.4 is 21.5 Å². The molecule has 1 aromatic carbocycles. The Morgan fingerprint density at radius 2 is 1.62 bits per heavy atom. The molecular formula is C17H16N4O5. The second-order valence-corrected chi connectivity index (χ2v) is 5.66. The Bertz CT molecular complexity index is 825. The summed E-state index contributed by atoms with van der Waals surface area (Å²) in [5, 5.41) is 5.12. The number of furan rings is 1. The third-order valence-electron chi connectivity index (χ3n) is 3.56. The number of hydrazine groups is 1. The fourth-order valence-electron chi connectivity index (χ4n) is 2.03. The zero-order chi connectivity index (χ0) is 18.5. The van der Waals surface area contributed by atoms with Crippen LogP contribution in [0.1, 0.15) is 33.8 Å². The molecule has 0 bridgehead atoms. The Kier molecular flexibility index (Phi) is 4.97. The van der Waals surface area contributed by atoms with Crippen LogP contribution in [0, 0.1) is 0 Å². The monoisotopic (exact) mass is 356 g/mol. The molecule has 0 aliphatic heterocycles. The van der Waals surface area contributed by atoms with Gasteiger partial charge in [-0.05, 0) is 49.2 Å². The van der Waals surface area contributed by atoms with Crippen molar-refractivity contribution in [2.24, 2.45) is 0 Å². The summed E-state index contributed by atoms with van der Waals surface area (Å²) in [6, 6.07) is 9.15. The summed E-state index contributed by atoms with van der Waals surface area (Å²) in [5.74, 6) is -2.57. The Labute approximate surface area is 148 Å². The van der Waals surface area contributed by atoms with Gasteiger partial charge in [-0.15, -0.1) is 0 Å². The second-order valence-electron chi connectivity index (χ2n) is 5.66. The molecule has 3 rings (SSSR count). The number of benzene rings is 1. The minimum atomic E-state index is -0.937. The maximum absolute atomic E-state index is 12.0. The van der Waals surface area contributed by atoms with E-state index in [1.54, 1.807) is 6.07 Å². The van der Waals surface area contributed by atoms with Gasteiger partial charge in [0, 0.05) is 17.3 Å². The van der Waals surface area contributed by atoms with E-state index in [-0.39, 0.29) is 17.4 Å². The molecule has 1 aromatic heterocycles. The third-order valence-corrected chi connectivity index (χ3v) is 3.56. The van der Waals surface area contributed by atoms with E-state index in [1.807, 2.05) is 5.43 Å². The van der Waals surface area contributed by atoms with Crippen molar-refractivity contribution in [3.8, 4) is 0 Å². The number of nitrogens with one attached hydrogen (secondary N) is 4. The lowest BCUT2D eigenvalue weighted by Gasteiger charge is -2.08. The van der Waals surface area contributed by atoms with E-state index < -0.39 is 23.6 Å². The van der Waals surface area contributed by atoms with Crippen LogP contribution in [0.25, 0.3) is 0 Å². The number of rotatable bonds is 4. The van der Waals surface area contributed by atoms with E-state index >= 15 is 0 Å². The van der Waals surface area contributed by atoms with Crippen molar-refractivity contribution in [1.82, 2.24) is 16.2 Å². The molecule has 0 spiro atoms. The lowest BCUT2D eigenvalue weighted by Crippen LogP contribution is -2.48. The highest BCUT2D eigenvalue weighted by molar-refractivity contribution is 6.35. The van der Waals surface area contributed by atoms with Crippen LogP contribution in [-0.2, 0) is 9.59 Å². The Hall–Kier alpha value is -3.62. The van der Waals surface area contributed by atoms with Gasteiger partial charge < -0.3 is 15.1 Å². The number of amides is 4. The molecule has 1 aliphatic rings. The summed E-state index contributed by atoms with van der Waals surface area (Å²) in [6.45, 7) is 0. The topological polar surface area (TPSA) is 130 Å². The number of hydrogen-bond donors (Lipinski definition) is 4. The van der Waals surface area contributed by atoms with Crippen molar-refractivity contribution in [1.29, 1.82) is 0 Å². The highest BCUT2D eigenvalue weighted by Crippen LogP contribution is 2.18. The number of carbonyl (C=O) groups is 4. The standard InChI is InChI=1S/C17H16N4O5/c22-14(20-21-17(25)16(24)19-12-7-8-12)10-3-5-11(6-4-10)18-15(23)13-2-1-9-26-13/h1-6,9,12H,7-8H2,(H,18,23)(H,19,24)(H,20,22)(H,21,25). The van der Waals surface area contributed by atoms with Crippen LogP contribution in [0.15, 0.2) is 47.1 Å². The van der Waals surface area contributed by atoms with Gasteiger partial charge in [-0.1, -0.05) is 0 Å². The maximum atomic E-state index is 12.0. The Morgan fingerprint density at radius 1 is 0.885 bits per heavy atom. The van der Waals surface area contributed by atoms with Gasteiger partial charge in [0.2, 0.25) is 0 Å². The van der Waals surface area contributed by atoms with E-state index in [0.717, 1.165) is 12.8 Å². The van der Waals surface area contributed by atoms with E-state index in [0.29, 0.717) is 5.69 Å². The maximum Gasteiger partial charge on any atom is 0.327 e. The Morgan fingerprint density at radius 3 is 2.23 bits per heavy atom. The molecule has 9 nitrogen and oxygen atoms in total. The minimum Gasteiger partial charge on any atom is -0.459 e. The van der Waals surface area contributed by atoms with Crippen molar-refractivity contribution in [3.63, 3.8) is 0 Å². The average molecular weight is 356 g/mol. The van der Waals surface area contributed by atoms with Gasteiger partial charge in [-0.3, -0.25) is 30.0 Å². The van der Waals surface area contributed by atoms with Gasteiger partial charge in [0.15, 0.2) is 5.76 Å². The van der Waals surface area contributed by atoms with Gasteiger partial charge in [0.25, 0.3) is 11.8 Å². The molecule has 2 aromatic rings. The first-order chi connectivity index (χ1) is 12.5. The van der Waals surface area contributed by atoms with Gasteiger partial charge >= 0.3 is 11.8 Å². The molecule has 9 heteroatoms. The van der Waals surface area contributed by atoms with Gasteiger partial charge in [-0.25, -0.2) is 0 Å². The first-order valence-corrected chi connectivity index (χ1v) is 7.89. The fourth-order valence-corrected chi connectivity index (χ4v) is 2.03. The summed E-state index contributed by atoms with van der Waals surface area (Å²) in [4.78, 5) is 46.8. The fraction of sp³-hybridized carbons (Fsp3) is 0.176. The number of hydrogen-bond acceptors (Lipinski definition) is 5. The molecule has 134 valence electrons. The molecule has 26 heavy (non-hydrogen) atoms. The van der Waals surface area contributed by atoms with E-state index in [1.165, 1.54) is 36.6 Å². The third kappa shape index (κ3) is 4.47. The normalized spacial score (nSPS) is 12.8. The van der Waals surface area contributed by atoms with Crippen molar-refractivity contribution in [3.05, 3.63) is 54.0 Å². The molecule has 0 radical (unpaired) electrons. The predicted octanol–water partition coefficient (Wildman–Crippen LogP) is 0.571.